The second kappa shape index (κ2) is 8.15. The molecular formula is C21H28N2O2. The molecule has 2 N–H and O–H groups in total. The maximum atomic E-state index is 10.9. The van der Waals surface area contributed by atoms with E-state index in [1.807, 2.05) is 24.3 Å². The first-order valence-electron chi connectivity index (χ1n) is 8.93. The van der Waals surface area contributed by atoms with Crippen molar-refractivity contribution in [1.82, 2.24) is 0 Å². The quantitative estimate of drug-likeness (QED) is 0.392. The Labute approximate surface area is 150 Å². The highest BCUT2D eigenvalue weighted by Crippen LogP contribution is 2.35. The van der Waals surface area contributed by atoms with Gasteiger partial charge in [0, 0.05) is 17.8 Å². The first kappa shape index (κ1) is 19.0. The number of nitro benzene ring substituents is 1. The topological polar surface area (TPSA) is 69.2 Å². The van der Waals surface area contributed by atoms with Crippen molar-refractivity contribution in [2.45, 2.75) is 51.9 Å². The normalized spacial score (nSPS) is 14.7. The summed E-state index contributed by atoms with van der Waals surface area (Å²) in [5.74, 6) is 0.670. The number of non-ortho nitro benzene ring substituents is 1. The van der Waals surface area contributed by atoms with Crippen LogP contribution in [0.4, 0.5) is 11.4 Å². The van der Waals surface area contributed by atoms with E-state index in [1.165, 1.54) is 5.56 Å². The highest BCUT2D eigenvalue weighted by Gasteiger charge is 2.28. The van der Waals surface area contributed by atoms with E-state index in [4.69, 9.17) is 5.73 Å². The van der Waals surface area contributed by atoms with E-state index in [9.17, 15) is 10.1 Å². The van der Waals surface area contributed by atoms with Crippen LogP contribution < -0.4 is 5.73 Å². The largest absolute Gasteiger partial charge is 0.399 e. The molecule has 4 nitrogen and oxygen atoms in total. The molecule has 0 saturated heterocycles. The summed E-state index contributed by atoms with van der Waals surface area (Å²) < 4.78 is 0. The molecule has 2 aromatic carbocycles. The third-order valence-electron chi connectivity index (χ3n) is 5.23. The van der Waals surface area contributed by atoms with Gasteiger partial charge < -0.3 is 5.73 Å². The molecule has 0 radical (unpaired) electrons. The molecule has 0 aromatic heterocycles. The fourth-order valence-electron chi connectivity index (χ4n) is 3.18. The molecule has 0 spiro atoms. The number of anilines is 1. The van der Waals surface area contributed by atoms with Gasteiger partial charge in [-0.2, -0.15) is 0 Å². The van der Waals surface area contributed by atoms with Gasteiger partial charge in [0.25, 0.3) is 5.69 Å². The number of benzene rings is 2. The number of nitrogens with two attached hydrogens (primary N) is 1. The van der Waals surface area contributed by atoms with Gasteiger partial charge in [0.05, 0.1) is 4.92 Å². The molecule has 2 rings (SSSR count). The number of nitrogens with zero attached hydrogens (tertiary/aromatic N) is 1. The summed E-state index contributed by atoms with van der Waals surface area (Å²) in [5.41, 5.74) is 9.03. The summed E-state index contributed by atoms with van der Waals surface area (Å²) in [5, 5.41) is 10.9. The van der Waals surface area contributed by atoms with Crippen LogP contribution in [0.25, 0.3) is 0 Å². The second-order valence-electron chi connectivity index (χ2n) is 7.34. The van der Waals surface area contributed by atoms with Gasteiger partial charge in [-0.05, 0) is 53.9 Å². The van der Waals surface area contributed by atoms with Gasteiger partial charge in [0.1, 0.15) is 0 Å². The lowest BCUT2D eigenvalue weighted by Crippen LogP contribution is -2.26. The predicted octanol–water partition coefficient (Wildman–Crippen LogP) is 5.50. The summed E-state index contributed by atoms with van der Waals surface area (Å²) in [6.45, 7) is 6.75. The molecule has 134 valence electrons. The average molecular weight is 340 g/mol. The monoisotopic (exact) mass is 340 g/mol. The second-order valence-corrected chi connectivity index (χ2v) is 7.34. The van der Waals surface area contributed by atoms with Gasteiger partial charge in [0.2, 0.25) is 0 Å². The molecule has 25 heavy (non-hydrogen) atoms. The minimum Gasteiger partial charge on any atom is -0.399 e. The SMILES string of the molecule is CCC(C)CCC(C)(Cc1ccc(N)cc1)c1ccc([N+](=O)[O-])cc1. The van der Waals surface area contributed by atoms with Crippen LogP contribution in [0.2, 0.25) is 0 Å². The fraction of sp³-hybridized carbons (Fsp3) is 0.429. The molecule has 0 aliphatic rings. The summed E-state index contributed by atoms with van der Waals surface area (Å²) in [6, 6.07) is 15.0. The third kappa shape index (κ3) is 5.05. The first-order chi connectivity index (χ1) is 11.8. The zero-order chi connectivity index (χ0) is 18.4. The maximum absolute atomic E-state index is 10.9. The van der Waals surface area contributed by atoms with Gasteiger partial charge in [0.15, 0.2) is 0 Å². The predicted molar refractivity (Wildman–Crippen MR) is 104 cm³/mol. The zero-order valence-corrected chi connectivity index (χ0v) is 15.4. The van der Waals surface area contributed by atoms with Crippen molar-refractivity contribution >= 4 is 11.4 Å². The lowest BCUT2D eigenvalue weighted by atomic mass is 9.72. The molecule has 0 saturated carbocycles. The Morgan fingerprint density at radius 2 is 1.72 bits per heavy atom. The number of hydrogen-bond acceptors (Lipinski definition) is 3. The van der Waals surface area contributed by atoms with E-state index in [-0.39, 0.29) is 16.0 Å². The number of rotatable bonds is 8. The van der Waals surface area contributed by atoms with E-state index in [1.54, 1.807) is 12.1 Å². The Kier molecular flexibility index (Phi) is 6.18. The highest BCUT2D eigenvalue weighted by atomic mass is 16.6. The Balaban J connectivity index is 2.29. The molecule has 2 unspecified atom stereocenters. The maximum Gasteiger partial charge on any atom is 0.269 e. The van der Waals surface area contributed by atoms with Crippen LogP contribution in [0.15, 0.2) is 48.5 Å². The summed E-state index contributed by atoms with van der Waals surface area (Å²) in [4.78, 5) is 10.6. The van der Waals surface area contributed by atoms with Crippen LogP contribution in [0, 0.1) is 16.0 Å². The van der Waals surface area contributed by atoms with Crippen LogP contribution in [0.1, 0.15) is 51.2 Å². The van der Waals surface area contributed by atoms with Gasteiger partial charge in [-0.25, -0.2) is 0 Å². The zero-order valence-electron chi connectivity index (χ0n) is 15.4. The van der Waals surface area contributed by atoms with Crippen molar-refractivity contribution in [2.75, 3.05) is 5.73 Å². The van der Waals surface area contributed by atoms with E-state index in [0.29, 0.717) is 5.92 Å². The Morgan fingerprint density at radius 3 is 2.24 bits per heavy atom. The van der Waals surface area contributed by atoms with E-state index < -0.39 is 0 Å². The average Bonchev–Trinajstić information content (AvgIpc) is 2.61. The number of nitro groups is 1. The lowest BCUT2D eigenvalue weighted by Gasteiger charge is -2.32. The van der Waals surface area contributed by atoms with Gasteiger partial charge in [-0.1, -0.05) is 51.5 Å². The van der Waals surface area contributed by atoms with Crippen LogP contribution in [-0.2, 0) is 11.8 Å². The highest BCUT2D eigenvalue weighted by molar-refractivity contribution is 5.41. The molecule has 0 aliphatic carbocycles. The molecule has 0 amide bonds. The van der Waals surface area contributed by atoms with E-state index in [0.717, 1.165) is 36.9 Å². The molecule has 2 aromatic rings. The van der Waals surface area contributed by atoms with Crippen LogP contribution in [0.3, 0.4) is 0 Å². The molecule has 0 fully saturated rings. The molecule has 0 heterocycles. The van der Waals surface area contributed by atoms with Crippen LogP contribution in [-0.4, -0.2) is 4.92 Å². The summed E-state index contributed by atoms with van der Waals surface area (Å²) in [6.07, 6.45) is 4.24. The van der Waals surface area contributed by atoms with Crippen molar-refractivity contribution < 1.29 is 4.92 Å². The van der Waals surface area contributed by atoms with Crippen molar-refractivity contribution in [1.29, 1.82) is 0 Å². The van der Waals surface area contributed by atoms with Gasteiger partial charge in [-0.15, -0.1) is 0 Å². The van der Waals surface area contributed by atoms with Gasteiger partial charge in [-0.3, -0.25) is 10.1 Å². The molecule has 2 atom stereocenters. The minimum atomic E-state index is -0.347. The molecule has 0 bridgehead atoms. The van der Waals surface area contributed by atoms with Crippen molar-refractivity contribution in [3.8, 4) is 0 Å². The fourth-order valence-corrected chi connectivity index (χ4v) is 3.18. The van der Waals surface area contributed by atoms with Crippen molar-refractivity contribution in [3.05, 3.63) is 69.8 Å². The standard InChI is InChI=1S/C21H28N2O2/c1-4-16(2)13-14-21(3,15-17-5-9-19(22)10-6-17)18-7-11-20(12-8-18)23(24)25/h5-12,16H,4,13-15,22H2,1-3H3. The number of nitrogen functional groups attached to an aromatic ring is 1. The first-order valence-corrected chi connectivity index (χ1v) is 8.93. The lowest BCUT2D eigenvalue weighted by molar-refractivity contribution is -0.384. The Bertz CT molecular complexity index is 695. The summed E-state index contributed by atoms with van der Waals surface area (Å²) in [7, 11) is 0. The Hall–Kier alpha value is -2.36. The summed E-state index contributed by atoms with van der Waals surface area (Å²) >= 11 is 0. The van der Waals surface area contributed by atoms with Crippen LogP contribution >= 0.6 is 0 Å². The van der Waals surface area contributed by atoms with Gasteiger partial charge >= 0.3 is 0 Å². The molecular weight excluding hydrogens is 312 g/mol. The van der Waals surface area contributed by atoms with Crippen molar-refractivity contribution in [2.24, 2.45) is 5.92 Å². The third-order valence-corrected chi connectivity index (χ3v) is 5.23. The molecule has 0 aliphatic heterocycles. The van der Waals surface area contributed by atoms with E-state index >= 15 is 0 Å². The van der Waals surface area contributed by atoms with Crippen molar-refractivity contribution in [3.63, 3.8) is 0 Å². The number of hydrogen-bond donors (Lipinski definition) is 1. The van der Waals surface area contributed by atoms with Crippen LogP contribution in [0.5, 0.6) is 0 Å². The molecule has 4 heteroatoms. The smallest absolute Gasteiger partial charge is 0.269 e. The Morgan fingerprint density at radius 1 is 1.12 bits per heavy atom. The minimum absolute atomic E-state index is 0.0608. The van der Waals surface area contributed by atoms with E-state index in [2.05, 4.69) is 32.9 Å².